The molecule has 1 N–H and O–H groups in total. The minimum absolute atomic E-state index is 0.109. The van der Waals surface area contributed by atoms with Gasteiger partial charge in [-0.25, -0.2) is 4.79 Å². The van der Waals surface area contributed by atoms with Crippen molar-refractivity contribution in [3.8, 4) is 0 Å². The normalized spacial score (nSPS) is 21.1. The number of carbonyl (C=O) groups excluding carboxylic acids is 1. The van der Waals surface area contributed by atoms with Crippen LogP contribution in [0.1, 0.15) is 69.4 Å². The standard InChI is InChI=1S/C20H30N2O/c1-22(18-14-6-3-7-15-18)20(23)21-19(17-12-8-9-13-17)16-10-4-2-5-11-16/h2,4-5,10-11,17-19H,3,6-9,12-15H2,1H3,(H,21,23). The van der Waals surface area contributed by atoms with Gasteiger partial charge in [0.05, 0.1) is 6.04 Å². The molecule has 2 saturated carbocycles. The van der Waals surface area contributed by atoms with Gasteiger partial charge < -0.3 is 10.2 Å². The molecule has 0 spiro atoms. The molecule has 0 heterocycles. The molecule has 1 aromatic carbocycles. The molecule has 0 aliphatic heterocycles. The molecule has 1 aromatic rings. The summed E-state index contributed by atoms with van der Waals surface area (Å²) in [6, 6.07) is 11.2. The van der Waals surface area contributed by atoms with Gasteiger partial charge in [0.2, 0.25) is 0 Å². The van der Waals surface area contributed by atoms with Crippen molar-refractivity contribution < 1.29 is 4.79 Å². The van der Waals surface area contributed by atoms with Crippen molar-refractivity contribution in [3.63, 3.8) is 0 Å². The van der Waals surface area contributed by atoms with Gasteiger partial charge in [-0.15, -0.1) is 0 Å². The number of amides is 2. The minimum Gasteiger partial charge on any atom is -0.331 e. The van der Waals surface area contributed by atoms with Crippen LogP contribution in [0, 0.1) is 5.92 Å². The molecule has 3 nitrogen and oxygen atoms in total. The Morgan fingerprint density at radius 3 is 2.26 bits per heavy atom. The molecule has 2 amide bonds. The third-order valence-electron chi connectivity index (χ3n) is 5.75. The van der Waals surface area contributed by atoms with E-state index in [0.717, 1.165) is 12.8 Å². The van der Waals surface area contributed by atoms with Gasteiger partial charge in [0.15, 0.2) is 0 Å². The van der Waals surface area contributed by atoms with E-state index in [1.807, 2.05) is 18.0 Å². The van der Waals surface area contributed by atoms with E-state index in [1.165, 1.54) is 50.5 Å². The van der Waals surface area contributed by atoms with Crippen LogP contribution in [0.4, 0.5) is 4.79 Å². The average Bonchev–Trinajstić information content (AvgIpc) is 3.14. The van der Waals surface area contributed by atoms with Crippen LogP contribution in [0.25, 0.3) is 0 Å². The Kier molecular flexibility index (Phi) is 5.58. The Labute approximate surface area is 140 Å². The summed E-state index contributed by atoms with van der Waals surface area (Å²) >= 11 is 0. The third-order valence-corrected chi connectivity index (χ3v) is 5.75. The predicted molar refractivity (Wildman–Crippen MR) is 94.3 cm³/mol. The maximum Gasteiger partial charge on any atom is 0.317 e. The van der Waals surface area contributed by atoms with Crippen molar-refractivity contribution >= 4 is 6.03 Å². The molecule has 0 saturated heterocycles. The molecule has 3 rings (SSSR count). The first-order valence-electron chi connectivity index (χ1n) is 9.34. The fraction of sp³-hybridized carbons (Fsp3) is 0.650. The summed E-state index contributed by atoms with van der Waals surface area (Å²) in [5.74, 6) is 0.584. The van der Waals surface area contributed by atoms with Crippen molar-refractivity contribution in [3.05, 3.63) is 35.9 Å². The van der Waals surface area contributed by atoms with Gasteiger partial charge >= 0.3 is 6.03 Å². The van der Waals surface area contributed by atoms with Crippen LogP contribution >= 0.6 is 0 Å². The number of hydrogen-bond acceptors (Lipinski definition) is 1. The van der Waals surface area contributed by atoms with E-state index < -0.39 is 0 Å². The number of nitrogens with zero attached hydrogens (tertiary/aromatic N) is 1. The first kappa shape index (κ1) is 16.4. The second kappa shape index (κ2) is 7.85. The lowest BCUT2D eigenvalue weighted by Gasteiger charge is -2.34. The molecule has 126 valence electrons. The summed E-state index contributed by atoms with van der Waals surface area (Å²) in [5, 5.41) is 3.36. The van der Waals surface area contributed by atoms with Crippen LogP contribution in [0.2, 0.25) is 0 Å². The molecule has 3 heteroatoms. The van der Waals surface area contributed by atoms with E-state index in [4.69, 9.17) is 0 Å². The first-order valence-corrected chi connectivity index (χ1v) is 9.34. The summed E-state index contributed by atoms with van der Waals surface area (Å²) in [4.78, 5) is 14.8. The monoisotopic (exact) mass is 314 g/mol. The Hall–Kier alpha value is -1.51. The fourth-order valence-corrected chi connectivity index (χ4v) is 4.29. The zero-order valence-electron chi connectivity index (χ0n) is 14.3. The van der Waals surface area contributed by atoms with E-state index in [9.17, 15) is 4.79 Å². The van der Waals surface area contributed by atoms with Gasteiger partial charge in [0.1, 0.15) is 0 Å². The average molecular weight is 314 g/mol. The predicted octanol–water partition coefficient (Wildman–Crippen LogP) is 4.89. The lowest BCUT2D eigenvalue weighted by atomic mass is 9.91. The highest BCUT2D eigenvalue weighted by Crippen LogP contribution is 2.36. The molecule has 0 radical (unpaired) electrons. The number of benzene rings is 1. The highest BCUT2D eigenvalue weighted by Gasteiger charge is 2.30. The Bertz CT molecular complexity index is 490. The van der Waals surface area contributed by atoms with Crippen molar-refractivity contribution in [2.75, 3.05) is 7.05 Å². The molecule has 1 atom stereocenters. The van der Waals surface area contributed by atoms with E-state index in [0.29, 0.717) is 12.0 Å². The summed E-state index contributed by atoms with van der Waals surface area (Å²) in [7, 11) is 1.97. The number of carbonyl (C=O) groups is 1. The Balaban J connectivity index is 1.68. The van der Waals surface area contributed by atoms with Crippen LogP contribution < -0.4 is 5.32 Å². The number of rotatable bonds is 4. The zero-order chi connectivity index (χ0) is 16.1. The molecular formula is C20H30N2O. The van der Waals surface area contributed by atoms with E-state index >= 15 is 0 Å². The summed E-state index contributed by atoms with van der Waals surface area (Å²) < 4.78 is 0. The molecule has 1 unspecified atom stereocenters. The SMILES string of the molecule is CN(C(=O)NC(c1ccccc1)C1CCCC1)C1CCCCC1. The van der Waals surface area contributed by atoms with Gasteiger partial charge in [0.25, 0.3) is 0 Å². The molecular weight excluding hydrogens is 284 g/mol. The van der Waals surface area contributed by atoms with Crippen LogP contribution in [-0.2, 0) is 0 Å². The maximum atomic E-state index is 12.8. The van der Waals surface area contributed by atoms with Crippen LogP contribution in [0.15, 0.2) is 30.3 Å². The lowest BCUT2D eigenvalue weighted by Crippen LogP contribution is -2.46. The summed E-state index contributed by atoms with van der Waals surface area (Å²) in [5.41, 5.74) is 1.25. The topological polar surface area (TPSA) is 32.3 Å². The second-order valence-corrected chi connectivity index (χ2v) is 7.29. The largest absolute Gasteiger partial charge is 0.331 e. The van der Waals surface area contributed by atoms with Gasteiger partial charge in [-0.3, -0.25) is 0 Å². The molecule has 2 fully saturated rings. The van der Waals surface area contributed by atoms with Crippen molar-refractivity contribution in [1.29, 1.82) is 0 Å². The first-order chi connectivity index (χ1) is 11.3. The van der Waals surface area contributed by atoms with Gasteiger partial charge in [-0.1, -0.05) is 62.4 Å². The minimum atomic E-state index is 0.109. The van der Waals surface area contributed by atoms with Gasteiger partial charge in [-0.05, 0) is 37.2 Å². The second-order valence-electron chi connectivity index (χ2n) is 7.29. The summed E-state index contributed by atoms with van der Waals surface area (Å²) in [6.45, 7) is 0. The van der Waals surface area contributed by atoms with Crippen molar-refractivity contribution in [2.45, 2.75) is 69.9 Å². The highest BCUT2D eigenvalue weighted by atomic mass is 16.2. The van der Waals surface area contributed by atoms with E-state index in [2.05, 4.69) is 29.6 Å². The van der Waals surface area contributed by atoms with Gasteiger partial charge in [0, 0.05) is 13.1 Å². The molecule has 0 bridgehead atoms. The third kappa shape index (κ3) is 4.07. The van der Waals surface area contributed by atoms with E-state index in [-0.39, 0.29) is 12.1 Å². The smallest absolute Gasteiger partial charge is 0.317 e. The van der Waals surface area contributed by atoms with Crippen molar-refractivity contribution in [2.24, 2.45) is 5.92 Å². The van der Waals surface area contributed by atoms with Crippen LogP contribution in [0.3, 0.4) is 0 Å². The highest BCUT2D eigenvalue weighted by molar-refractivity contribution is 5.74. The zero-order valence-corrected chi connectivity index (χ0v) is 14.3. The lowest BCUT2D eigenvalue weighted by molar-refractivity contribution is 0.166. The van der Waals surface area contributed by atoms with Crippen LogP contribution in [0.5, 0.6) is 0 Å². The molecule has 23 heavy (non-hydrogen) atoms. The Morgan fingerprint density at radius 1 is 1.00 bits per heavy atom. The molecule has 2 aliphatic rings. The van der Waals surface area contributed by atoms with Crippen LogP contribution in [-0.4, -0.2) is 24.0 Å². The van der Waals surface area contributed by atoms with Crippen molar-refractivity contribution in [1.82, 2.24) is 10.2 Å². The molecule has 0 aromatic heterocycles. The molecule has 2 aliphatic carbocycles. The van der Waals surface area contributed by atoms with Gasteiger partial charge in [-0.2, -0.15) is 0 Å². The fourth-order valence-electron chi connectivity index (χ4n) is 4.29. The maximum absolute atomic E-state index is 12.8. The number of nitrogens with one attached hydrogen (secondary N) is 1. The quantitative estimate of drug-likeness (QED) is 0.843. The van der Waals surface area contributed by atoms with E-state index in [1.54, 1.807) is 0 Å². The summed E-state index contributed by atoms with van der Waals surface area (Å²) in [6.07, 6.45) is 11.2. The number of hydrogen-bond donors (Lipinski definition) is 1. The number of urea groups is 1. The Morgan fingerprint density at radius 2 is 1.61 bits per heavy atom.